The van der Waals surface area contributed by atoms with Gasteiger partial charge in [-0.15, -0.1) is 0 Å². The third-order valence-corrected chi connectivity index (χ3v) is 2.02. The normalized spacial score (nSPS) is 10.8. The first kappa shape index (κ1) is 10.7. The summed E-state index contributed by atoms with van der Waals surface area (Å²) in [6, 6.07) is 0. The van der Waals surface area contributed by atoms with Crippen molar-refractivity contribution in [1.82, 2.24) is 9.88 Å². The summed E-state index contributed by atoms with van der Waals surface area (Å²) in [7, 11) is 0. The third kappa shape index (κ3) is 2.56. The first-order valence-electron chi connectivity index (χ1n) is 4.57. The molecule has 0 aromatic carbocycles. The first-order valence-corrected chi connectivity index (χ1v) is 4.57. The van der Waals surface area contributed by atoms with Gasteiger partial charge < -0.3 is 9.52 Å². The molecule has 5 nitrogen and oxygen atoms in total. The van der Waals surface area contributed by atoms with Gasteiger partial charge in [-0.25, -0.2) is 9.78 Å². The largest absolute Gasteiger partial charge is 0.475 e. The number of oxazole rings is 1. The van der Waals surface area contributed by atoms with Gasteiger partial charge in [-0.3, -0.25) is 4.90 Å². The molecule has 0 unspecified atom stereocenters. The highest BCUT2D eigenvalue weighted by Crippen LogP contribution is 2.06. The van der Waals surface area contributed by atoms with Crippen LogP contribution in [-0.2, 0) is 6.54 Å². The van der Waals surface area contributed by atoms with Gasteiger partial charge in [0.1, 0.15) is 0 Å². The number of carbonyl (C=O) groups is 1. The second kappa shape index (κ2) is 4.76. The van der Waals surface area contributed by atoms with E-state index in [1.54, 1.807) is 0 Å². The van der Waals surface area contributed by atoms with Crippen molar-refractivity contribution in [3.05, 3.63) is 17.8 Å². The summed E-state index contributed by atoms with van der Waals surface area (Å²) in [6.45, 7) is 6.40. The van der Waals surface area contributed by atoms with Gasteiger partial charge in [0.15, 0.2) is 0 Å². The highest BCUT2D eigenvalue weighted by molar-refractivity contribution is 5.83. The van der Waals surface area contributed by atoms with Crippen LogP contribution in [0.2, 0.25) is 0 Å². The van der Waals surface area contributed by atoms with E-state index in [1.165, 1.54) is 6.20 Å². The average molecular weight is 198 g/mol. The predicted molar refractivity (Wildman–Crippen MR) is 50.1 cm³/mol. The van der Waals surface area contributed by atoms with Crippen LogP contribution in [0.4, 0.5) is 0 Å². The summed E-state index contributed by atoms with van der Waals surface area (Å²) in [6.07, 6.45) is 1.24. The Kier molecular flexibility index (Phi) is 3.64. The van der Waals surface area contributed by atoms with Gasteiger partial charge in [0.25, 0.3) is 0 Å². The third-order valence-electron chi connectivity index (χ3n) is 2.02. The Morgan fingerprint density at radius 2 is 2.21 bits per heavy atom. The van der Waals surface area contributed by atoms with Crippen LogP contribution in [-0.4, -0.2) is 34.0 Å². The molecule has 0 saturated heterocycles. The zero-order valence-corrected chi connectivity index (χ0v) is 8.36. The predicted octanol–water partition coefficient (Wildman–Crippen LogP) is 1.21. The molecule has 0 aliphatic rings. The van der Waals surface area contributed by atoms with Crippen LogP contribution in [0.5, 0.6) is 0 Å². The quantitative estimate of drug-likeness (QED) is 0.770. The van der Waals surface area contributed by atoms with Crippen molar-refractivity contribution in [3.63, 3.8) is 0 Å². The van der Waals surface area contributed by atoms with Gasteiger partial charge in [-0.2, -0.15) is 0 Å². The van der Waals surface area contributed by atoms with Crippen LogP contribution in [0, 0.1) is 0 Å². The molecule has 1 heterocycles. The number of aromatic carboxylic acids is 1. The van der Waals surface area contributed by atoms with Gasteiger partial charge in [-0.1, -0.05) is 13.8 Å². The molecule has 0 saturated carbocycles. The molecule has 0 bridgehead atoms. The zero-order valence-electron chi connectivity index (χ0n) is 8.36. The second-order valence-corrected chi connectivity index (χ2v) is 2.88. The standard InChI is InChI=1S/C9H14N2O3/c1-3-11(4-2)6-8-10-5-7(14-8)9(12)13/h5H,3-4,6H2,1-2H3,(H,12,13). The van der Waals surface area contributed by atoms with Crippen LogP contribution in [0.25, 0.3) is 0 Å². The van der Waals surface area contributed by atoms with Crippen molar-refractivity contribution in [1.29, 1.82) is 0 Å². The molecular formula is C9H14N2O3. The molecule has 1 aromatic heterocycles. The molecule has 0 atom stereocenters. The van der Waals surface area contributed by atoms with Gasteiger partial charge in [0.05, 0.1) is 12.7 Å². The number of hydrogen-bond acceptors (Lipinski definition) is 4. The van der Waals surface area contributed by atoms with Crippen molar-refractivity contribution < 1.29 is 14.3 Å². The van der Waals surface area contributed by atoms with Gasteiger partial charge in [-0.05, 0) is 13.1 Å². The molecule has 0 aliphatic heterocycles. The summed E-state index contributed by atoms with van der Waals surface area (Å²) in [4.78, 5) is 16.5. The maximum absolute atomic E-state index is 10.5. The van der Waals surface area contributed by atoms with E-state index in [2.05, 4.69) is 9.88 Å². The molecule has 14 heavy (non-hydrogen) atoms. The van der Waals surface area contributed by atoms with Gasteiger partial charge in [0, 0.05) is 0 Å². The van der Waals surface area contributed by atoms with Gasteiger partial charge in [0.2, 0.25) is 11.7 Å². The van der Waals surface area contributed by atoms with Gasteiger partial charge >= 0.3 is 5.97 Å². The summed E-state index contributed by atoms with van der Waals surface area (Å²) in [5, 5.41) is 8.60. The number of hydrogen-bond donors (Lipinski definition) is 1. The zero-order chi connectivity index (χ0) is 10.6. The molecule has 0 aliphatic carbocycles. The molecule has 78 valence electrons. The fourth-order valence-corrected chi connectivity index (χ4v) is 1.12. The van der Waals surface area contributed by atoms with E-state index < -0.39 is 5.97 Å². The smallest absolute Gasteiger partial charge is 0.373 e. The summed E-state index contributed by atoms with van der Waals surface area (Å²) >= 11 is 0. The van der Waals surface area contributed by atoms with E-state index in [0.717, 1.165) is 13.1 Å². The Balaban J connectivity index is 2.63. The highest BCUT2D eigenvalue weighted by atomic mass is 16.4. The Labute approximate surface area is 82.4 Å². The average Bonchev–Trinajstić information content (AvgIpc) is 2.62. The van der Waals surface area contributed by atoms with Crippen LogP contribution >= 0.6 is 0 Å². The topological polar surface area (TPSA) is 66.6 Å². The monoisotopic (exact) mass is 198 g/mol. The molecular weight excluding hydrogens is 184 g/mol. The lowest BCUT2D eigenvalue weighted by molar-refractivity contribution is 0.0658. The summed E-state index contributed by atoms with van der Waals surface area (Å²) in [5.74, 6) is -0.735. The van der Waals surface area contributed by atoms with Crippen molar-refractivity contribution in [3.8, 4) is 0 Å². The Morgan fingerprint density at radius 3 is 2.64 bits per heavy atom. The van der Waals surface area contributed by atoms with E-state index in [9.17, 15) is 4.79 Å². The molecule has 0 fully saturated rings. The minimum absolute atomic E-state index is 0.104. The lowest BCUT2D eigenvalue weighted by atomic mass is 10.5. The lowest BCUT2D eigenvalue weighted by Gasteiger charge is -2.14. The SMILES string of the molecule is CCN(CC)Cc1ncc(C(=O)O)o1. The second-order valence-electron chi connectivity index (χ2n) is 2.88. The molecule has 1 rings (SSSR count). The van der Waals surface area contributed by atoms with E-state index in [0.29, 0.717) is 12.4 Å². The number of carboxylic acids is 1. The van der Waals surface area contributed by atoms with E-state index in [-0.39, 0.29) is 5.76 Å². The lowest BCUT2D eigenvalue weighted by Crippen LogP contribution is -2.22. The van der Waals surface area contributed by atoms with Crippen LogP contribution in [0.1, 0.15) is 30.3 Å². The van der Waals surface area contributed by atoms with E-state index >= 15 is 0 Å². The molecule has 1 N–H and O–H groups in total. The number of aromatic nitrogens is 1. The molecule has 0 amide bonds. The Hall–Kier alpha value is -1.36. The maximum atomic E-state index is 10.5. The van der Waals surface area contributed by atoms with Crippen molar-refractivity contribution in [2.24, 2.45) is 0 Å². The summed E-state index contributed by atoms with van der Waals surface area (Å²) < 4.78 is 5.03. The molecule has 1 aromatic rings. The molecule has 0 spiro atoms. The minimum Gasteiger partial charge on any atom is -0.475 e. The van der Waals surface area contributed by atoms with Crippen molar-refractivity contribution in [2.45, 2.75) is 20.4 Å². The van der Waals surface area contributed by atoms with Crippen molar-refractivity contribution in [2.75, 3.05) is 13.1 Å². The molecule has 5 heteroatoms. The fourth-order valence-electron chi connectivity index (χ4n) is 1.12. The first-order chi connectivity index (χ1) is 6.67. The number of rotatable bonds is 5. The molecule has 0 radical (unpaired) electrons. The van der Waals surface area contributed by atoms with Crippen LogP contribution in [0.3, 0.4) is 0 Å². The van der Waals surface area contributed by atoms with E-state index in [4.69, 9.17) is 9.52 Å². The van der Waals surface area contributed by atoms with E-state index in [1.807, 2.05) is 13.8 Å². The Bertz CT molecular complexity index is 305. The van der Waals surface area contributed by atoms with Crippen molar-refractivity contribution >= 4 is 5.97 Å². The fraction of sp³-hybridized carbons (Fsp3) is 0.556. The number of carboxylic acid groups (broad SMARTS) is 1. The minimum atomic E-state index is -1.08. The van der Waals surface area contributed by atoms with Crippen LogP contribution < -0.4 is 0 Å². The number of nitrogens with zero attached hydrogens (tertiary/aromatic N) is 2. The highest BCUT2D eigenvalue weighted by Gasteiger charge is 2.11. The summed E-state index contributed by atoms with van der Waals surface area (Å²) in [5.41, 5.74) is 0. The Morgan fingerprint density at radius 1 is 1.57 bits per heavy atom. The van der Waals surface area contributed by atoms with Crippen LogP contribution in [0.15, 0.2) is 10.6 Å². The maximum Gasteiger partial charge on any atom is 0.373 e.